The van der Waals surface area contributed by atoms with Crippen LogP contribution in [0.25, 0.3) is 0 Å². The first-order chi connectivity index (χ1) is 9.06. The summed E-state index contributed by atoms with van der Waals surface area (Å²) in [5, 5.41) is 18.3. The lowest BCUT2D eigenvalue weighted by Gasteiger charge is -2.06. The zero-order chi connectivity index (χ0) is 13.8. The molecule has 0 aliphatic heterocycles. The summed E-state index contributed by atoms with van der Waals surface area (Å²) in [6.45, 7) is 1.73. The van der Waals surface area contributed by atoms with E-state index in [0.717, 1.165) is 10.2 Å². The SMILES string of the molecule is Cc1ccncc1NC(=O)Cn1cc(C(=O)O)nn1. The molecule has 1 amide bonds. The number of aromatic carboxylic acids is 1. The smallest absolute Gasteiger partial charge is 0.358 e. The normalized spacial score (nSPS) is 10.2. The number of aryl methyl sites for hydroxylation is 1. The van der Waals surface area contributed by atoms with Gasteiger partial charge in [-0.3, -0.25) is 9.78 Å². The molecule has 0 saturated carbocycles. The lowest BCUT2D eigenvalue weighted by molar-refractivity contribution is -0.116. The number of aromatic nitrogens is 4. The number of anilines is 1. The first-order valence-electron chi connectivity index (χ1n) is 5.40. The van der Waals surface area contributed by atoms with Gasteiger partial charge in [0.15, 0.2) is 5.69 Å². The molecule has 2 aromatic rings. The maximum Gasteiger partial charge on any atom is 0.358 e. The summed E-state index contributed by atoms with van der Waals surface area (Å²) in [7, 11) is 0. The maximum absolute atomic E-state index is 11.7. The van der Waals surface area contributed by atoms with Crippen molar-refractivity contribution >= 4 is 17.6 Å². The summed E-state index contributed by atoms with van der Waals surface area (Å²) >= 11 is 0. The van der Waals surface area contributed by atoms with Gasteiger partial charge in [0, 0.05) is 6.20 Å². The number of rotatable bonds is 4. The third-order valence-electron chi connectivity index (χ3n) is 2.38. The van der Waals surface area contributed by atoms with Gasteiger partial charge in [-0.2, -0.15) is 0 Å². The second kappa shape index (κ2) is 5.25. The van der Waals surface area contributed by atoms with Crippen LogP contribution < -0.4 is 5.32 Å². The highest BCUT2D eigenvalue weighted by Crippen LogP contribution is 2.11. The highest BCUT2D eigenvalue weighted by Gasteiger charge is 2.11. The molecule has 0 aliphatic rings. The molecular formula is C11H11N5O3. The van der Waals surface area contributed by atoms with Gasteiger partial charge < -0.3 is 10.4 Å². The molecule has 8 heteroatoms. The third-order valence-corrected chi connectivity index (χ3v) is 2.38. The summed E-state index contributed by atoms with van der Waals surface area (Å²) in [4.78, 5) is 26.3. The third kappa shape index (κ3) is 3.12. The van der Waals surface area contributed by atoms with E-state index in [2.05, 4.69) is 20.6 Å². The Bertz CT molecular complexity index is 622. The van der Waals surface area contributed by atoms with Crippen LogP contribution in [-0.4, -0.2) is 37.0 Å². The number of carbonyl (C=O) groups is 2. The molecule has 0 saturated heterocycles. The number of nitrogens with zero attached hydrogens (tertiary/aromatic N) is 4. The summed E-state index contributed by atoms with van der Waals surface area (Å²) in [6.07, 6.45) is 4.36. The zero-order valence-corrected chi connectivity index (χ0v) is 10.1. The summed E-state index contributed by atoms with van der Waals surface area (Å²) < 4.78 is 1.16. The van der Waals surface area contributed by atoms with Crippen molar-refractivity contribution in [3.8, 4) is 0 Å². The largest absolute Gasteiger partial charge is 0.476 e. The second-order valence-corrected chi connectivity index (χ2v) is 3.85. The fourth-order valence-corrected chi connectivity index (χ4v) is 1.41. The first kappa shape index (κ1) is 12.7. The first-order valence-corrected chi connectivity index (χ1v) is 5.40. The summed E-state index contributed by atoms with van der Waals surface area (Å²) in [5.41, 5.74) is 1.28. The molecule has 2 rings (SSSR count). The highest BCUT2D eigenvalue weighted by molar-refractivity contribution is 5.91. The minimum atomic E-state index is -1.19. The number of amides is 1. The molecule has 0 bridgehead atoms. The lowest BCUT2D eigenvalue weighted by Crippen LogP contribution is -2.19. The van der Waals surface area contributed by atoms with Gasteiger partial charge in [0.2, 0.25) is 5.91 Å². The molecule has 2 N–H and O–H groups in total. The molecule has 0 radical (unpaired) electrons. The van der Waals surface area contributed by atoms with Crippen molar-refractivity contribution in [2.45, 2.75) is 13.5 Å². The Hall–Kier alpha value is -2.77. The predicted octanol–water partition coefficient (Wildman–Crippen LogP) is 0.318. The molecular weight excluding hydrogens is 250 g/mol. The zero-order valence-electron chi connectivity index (χ0n) is 10.1. The van der Waals surface area contributed by atoms with Gasteiger partial charge in [-0.15, -0.1) is 5.10 Å². The Balaban J connectivity index is 2.01. The predicted molar refractivity (Wildman–Crippen MR) is 64.6 cm³/mol. The molecule has 19 heavy (non-hydrogen) atoms. The average Bonchev–Trinajstić information content (AvgIpc) is 2.80. The highest BCUT2D eigenvalue weighted by atomic mass is 16.4. The minimum Gasteiger partial charge on any atom is -0.476 e. The van der Waals surface area contributed by atoms with Crippen LogP contribution in [0.3, 0.4) is 0 Å². The van der Waals surface area contributed by atoms with Gasteiger partial charge >= 0.3 is 5.97 Å². The van der Waals surface area contributed by atoms with Crippen LogP contribution in [0.4, 0.5) is 5.69 Å². The van der Waals surface area contributed by atoms with Crippen LogP contribution in [0.5, 0.6) is 0 Å². The van der Waals surface area contributed by atoms with Crippen LogP contribution >= 0.6 is 0 Å². The number of carboxylic acid groups (broad SMARTS) is 1. The Morgan fingerprint density at radius 2 is 2.26 bits per heavy atom. The van der Waals surface area contributed by atoms with E-state index >= 15 is 0 Å². The van der Waals surface area contributed by atoms with E-state index in [1.54, 1.807) is 12.3 Å². The number of carboxylic acids is 1. The standard InChI is InChI=1S/C11H11N5O3/c1-7-2-3-12-4-8(7)13-10(17)6-16-5-9(11(18)19)14-15-16/h2-5H,6H2,1H3,(H,13,17)(H,18,19). The quantitative estimate of drug-likeness (QED) is 0.820. The second-order valence-electron chi connectivity index (χ2n) is 3.85. The van der Waals surface area contributed by atoms with E-state index in [0.29, 0.717) is 5.69 Å². The number of pyridine rings is 1. The maximum atomic E-state index is 11.7. The fourth-order valence-electron chi connectivity index (χ4n) is 1.41. The van der Waals surface area contributed by atoms with Crippen molar-refractivity contribution < 1.29 is 14.7 Å². The van der Waals surface area contributed by atoms with Crippen molar-refractivity contribution in [1.82, 2.24) is 20.0 Å². The van der Waals surface area contributed by atoms with E-state index < -0.39 is 5.97 Å². The monoisotopic (exact) mass is 261 g/mol. The van der Waals surface area contributed by atoms with Crippen LogP contribution in [0.1, 0.15) is 16.1 Å². The van der Waals surface area contributed by atoms with Crippen molar-refractivity contribution in [2.75, 3.05) is 5.32 Å². The minimum absolute atomic E-state index is 0.116. The Labute approximate surface area is 108 Å². The summed E-state index contributed by atoms with van der Waals surface area (Å²) in [5.74, 6) is -1.52. The van der Waals surface area contributed by atoms with Gasteiger partial charge in [0.05, 0.1) is 18.1 Å². The van der Waals surface area contributed by atoms with Crippen molar-refractivity contribution in [2.24, 2.45) is 0 Å². The molecule has 0 fully saturated rings. The molecule has 2 aromatic heterocycles. The average molecular weight is 261 g/mol. The van der Waals surface area contributed by atoms with Gasteiger partial charge in [-0.05, 0) is 18.6 Å². The van der Waals surface area contributed by atoms with Crippen molar-refractivity contribution in [3.05, 3.63) is 35.9 Å². The summed E-state index contributed by atoms with van der Waals surface area (Å²) in [6, 6.07) is 1.77. The van der Waals surface area contributed by atoms with Gasteiger partial charge in [0.1, 0.15) is 6.54 Å². The molecule has 0 unspecified atom stereocenters. The van der Waals surface area contributed by atoms with Crippen LogP contribution in [0.15, 0.2) is 24.7 Å². The molecule has 0 spiro atoms. The number of hydrogen-bond acceptors (Lipinski definition) is 5. The lowest BCUT2D eigenvalue weighted by atomic mass is 10.2. The van der Waals surface area contributed by atoms with Gasteiger partial charge in [0.25, 0.3) is 0 Å². The van der Waals surface area contributed by atoms with Gasteiger partial charge in [-0.25, -0.2) is 9.48 Å². The van der Waals surface area contributed by atoms with Crippen molar-refractivity contribution in [3.63, 3.8) is 0 Å². The molecule has 98 valence electrons. The molecule has 8 nitrogen and oxygen atoms in total. The molecule has 0 aliphatic carbocycles. The molecule has 0 aromatic carbocycles. The van der Waals surface area contributed by atoms with E-state index in [1.807, 2.05) is 6.92 Å². The van der Waals surface area contributed by atoms with Gasteiger partial charge in [-0.1, -0.05) is 5.21 Å². The van der Waals surface area contributed by atoms with E-state index in [-0.39, 0.29) is 18.1 Å². The number of carbonyl (C=O) groups excluding carboxylic acids is 1. The Morgan fingerprint density at radius 1 is 1.47 bits per heavy atom. The van der Waals surface area contributed by atoms with Crippen molar-refractivity contribution in [1.29, 1.82) is 0 Å². The Kier molecular flexibility index (Phi) is 3.51. The van der Waals surface area contributed by atoms with E-state index in [9.17, 15) is 9.59 Å². The Morgan fingerprint density at radius 3 is 2.89 bits per heavy atom. The fraction of sp³-hybridized carbons (Fsp3) is 0.182. The van der Waals surface area contributed by atoms with Crippen LogP contribution in [-0.2, 0) is 11.3 Å². The number of hydrogen-bond donors (Lipinski definition) is 2. The van der Waals surface area contributed by atoms with E-state index in [1.165, 1.54) is 12.4 Å². The number of nitrogens with one attached hydrogen (secondary N) is 1. The van der Waals surface area contributed by atoms with Crippen LogP contribution in [0, 0.1) is 6.92 Å². The van der Waals surface area contributed by atoms with E-state index in [4.69, 9.17) is 5.11 Å². The topological polar surface area (TPSA) is 110 Å². The van der Waals surface area contributed by atoms with Crippen LogP contribution in [0.2, 0.25) is 0 Å². The molecule has 2 heterocycles. The molecule has 0 atom stereocenters.